The third-order valence-corrected chi connectivity index (χ3v) is 7.35. The number of carbonyl (C=O) groups is 4. The molecule has 3 aromatic rings. The molecule has 0 aliphatic heterocycles. The molecular formula is C36H46N4O6. The second kappa shape index (κ2) is 17.0. The molecule has 0 radical (unpaired) electrons. The van der Waals surface area contributed by atoms with E-state index in [4.69, 9.17) is 15.2 Å². The van der Waals surface area contributed by atoms with Crippen LogP contribution in [0.4, 0.5) is 4.79 Å². The fourth-order valence-electron chi connectivity index (χ4n) is 4.65. The van der Waals surface area contributed by atoms with Crippen LogP contribution in [-0.4, -0.2) is 47.5 Å². The Morgan fingerprint density at radius 1 is 0.717 bits per heavy atom. The molecule has 0 unspecified atom stereocenters. The fourth-order valence-corrected chi connectivity index (χ4v) is 4.65. The quantitative estimate of drug-likeness (QED) is 0.195. The van der Waals surface area contributed by atoms with Crippen molar-refractivity contribution in [2.75, 3.05) is 0 Å². The van der Waals surface area contributed by atoms with Crippen LogP contribution in [0.3, 0.4) is 0 Å². The summed E-state index contributed by atoms with van der Waals surface area (Å²) in [6.07, 6.45) is 0.123. The van der Waals surface area contributed by atoms with Gasteiger partial charge in [0.1, 0.15) is 36.1 Å². The average Bonchev–Trinajstić information content (AvgIpc) is 3.02. The summed E-state index contributed by atoms with van der Waals surface area (Å²) in [5.74, 6) is -1.45. The molecule has 0 saturated heterocycles. The molecule has 10 nitrogen and oxygen atoms in total. The Morgan fingerprint density at radius 3 is 1.80 bits per heavy atom. The molecule has 0 aliphatic carbocycles. The highest BCUT2D eigenvalue weighted by Gasteiger charge is 2.32. The number of nitrogens with one attached hydrogen (secondary N) is 3. The summed E-state index contributed by atoms with van der Waals surface area (Å²) in [7, 11) is 0. The summed E-state index contributed by atoms with van der Waals surface area (Å²) >= 11 is 0. The molecule has 0 spiro atoms. The van der Waals surface area contributed by atoms with E-state index < -0.39 is 47.5 Å². The lowest BCUT2D eigenvalue weighted by Gasteiger charge is -2.28. The molecular weight excluding hydrogens is 584 g/mol. The van der Waals surface area contributed by atoms with Crippen molar-refractivity contribution in [3.05, 3.63) is 102 Å². The highest BCUT2D eigenvalue weighted by Crippen LogP contribution is 2.17. The van der Waals surface area contributed by atoms with Crippen molar-refractivity contribution in [2.45, 2.75) is 84.2 Å². The molecule has 0 fully saturated rings. The van der Waals surface area contributed by atoms with Gasteiger partial charge in [-0.1, -0.05) is 93.1 Å². The summed E-state index contributed by atoms with van der Waals surface area (Å²) in [5.41, 5.74) is 7.46. The summed E-state index contributed by atoms with van der Waals surface area (Å²) in [6.45, 7) is 9.31. The predicted octanol–water partition coefficient (Wildman–Crippen LogP) is 4.45. The van der Waals surface area contributed by atoms with E-state index in [0.29, 0.717) is 18.8 Å². The summed E-state index contributed by atoms with van der Waals surface area (Å²) in [6, 6.07) is 23.2. The first-order valence-electron chi connectivity index (χ1n) is 15.5. The van der Waals surface area contributed by atoms with E-state index in [1.165, 1.54) is 0 Å². The van der Waals surface area contributed by atoms with Gasteiger partial charge in [-0.2, -0.15) is 0 Å². The van der Waals surface area contributed by atoms with E-state index in [0.717, 1.165) is 16.7 Å². The molecule has 246 valence electrons. The Hall–Kier alpha value is -4.86. The van der Waals surface area contributed by atoms with Gasteiger partial charge in [0.15, 0.2) is 0 Å². The van der Waals surface area contributed by atoms with Gasteiger partial charge in [0.05, 0.1) is 0 Å². The Bertz CT molecular complexity index is 1420. The van der Waals surface area contributed by atoms with Gasteiger partial charge in [-0.15, -0.1) is 0 Å². The van der Waals surface area contributed by atoms with Gasteiger partial charge < -0.3 is 31.2 Å². The van der Waals surface area contributed by atoms with Crippen LogP contribution in [0.15, 0.2) is 84.9 Å². The number of primary amides is 1. The topological polar surface area (TPSA) is 149 Å². The predicted molar refractivity (Wildman–Crippen MR) is 177 cm³/mol. The number of benzene rings is 3. The number of amides is 4. The zero-order valence-electron chi connectivity index (χ0n) is 27.2. The van der Waals surface area contributed by atoms with Gasteiger partial charge in [-0.25, -0.2) is 4.79 Å². The maximum Gasteiger partial charge on any atom is 0.408 e. The van der Waals surface area contributed by atoms with E-state index in [9.17, 15) is 19.2 Å². The Morgan fingerprint density at radius 2 is 1.26 bits per heavy atom. The smallest absolute Gasteiger partial charge is 0.408 e. The zero-order chi connectivity index (χ0) is 33.7. The van der Waals surface area contributed by atoms with Gasteiger partial charge >= 0.3 is 6.09 Å². The van der Waals surface area contributed by atoms with Crippen LogP contribution >= 0.6 is 0 Å². The molecule has 4 amide bonds. The molecule has 4 atom stereocenters. The molecule has 3 aromatic carbocycles. The van der Waals surface area contributed by atoms with E-state index in [1.807, 2.05) is 86.6 Å². The second-order valence-electron chi connectivity index (χ2n) is 12.3. The van der Waals surface area contributed by atoms with E-state index in [1.54, 1.807) is 32.9 Å². The number of carbonyl (C=O) groups excluding carboxylic acids is 4. The van der Waals surface area contributed by atoms with Crippen molar-refractivity contribution in [1.29, 1.82) is 0 Å². The maximum atomic E-state index is 13.7. The molecule has 0 bridgehead atoms. The first-order chi connectivity index (χ1) is 21.8. The van der Waals surface area contributed by atoms with Crippen LogP contribution in [0.2, 0.25) is 0 Å². The van der Waals surface area contributed by atoms with Crippen molar-refractivity contribution in [3.63, 3.8) is 0 Å². The fraction of sp³-hybridized carbons (Fsp3) is 0.389. The second-order valence-corrected chi connectivity index (χ2v) is 12.3. The standard InChI is InChI=1S/C36H46N4O6/c1-6-24(2)31(34(43)38-29(32(37)41)21-25-13-9-7-10-14-25)40-33(42)30(39-35(44)46-36(3,4)5)22-26-17-19-28(20-18-26)45-23-27-15-11-8-12-16-27/h7-20,24,29-31H,6,21-23H2,1-5H3,(H2,37,41)(H,38,43)(H,39,44)(H,40,42)/t24-,29-,30+,31+/m0/s1. The van der Waals surface area contributed by atoms with Crippen LogP contribution < -0.4 is 26.4 Å². The van der Waals surface area contributed by atoms with Crippen molar-refractivity contribution >= 4 is 23.8 Å². The highest BCUT2D eigenvalue weighted by atomic mass is 16.6. The van der Waals surface area contributed by atoms with Crippen LogP contribution in [0.5, 0.6) is 5.75 Å². The van der Waals surface area contributed by atoms with Crippen LogP contribution in [-0.2, 0) is 38.6 Å². The third kappa shape index (κ3) is 11.9. The molecule has 46 heavy (non-hydrogen) atoms. The van der Waals surface area contributed by atoms with Crippen molar-refractivity contribution in [3.8, 4) is 5.75 Å². The van der Waals surface area contributed by atoms with Gasteiger partial charge in [0.2, 0.25) is 17.7 Å². The summed E-state index contributed by atoms with van der Waals surface area (Å²) in [4.78, 5) is 52.3. The lowest BCUT2D eigenvalue weighted by Crippen LogP contribution is -2.59. The highest BCUT2D eigenvalue weighted by molar-refractivity contribution is 5.94. The molecule has 0 heterocycles. The van der Waals surface area contributed by atoms with Crippen molar-refractivity contribution in [2.24, 2.45) is 11.7 Å². The van der Waals surface area contributed by atoms with Gasteiger partial charge in [0, 0.05) is 12.8 Å². The number of hydrogen-bond donors (Lipinski definition) is 4. The molecule has 10 heteroatoms. The maximum absolute atomic E-state index is 13.7. The van der Waals surface area contributed by atoms with Crippen molar-refractivity contribution in [1.82, 2.24) is 16.0 Å². The van der Waals surface area contributed by atoms with Gasteiger partial charge in [-0.05, 0) is 55.5 Å². The molecule has 0 aromatic heterocycles. The van der Waals surface area contributed by atoms with Gasteiger partial charge in [-0.3, -0.25) is 14.4 Å². The average molecular weight is 631 g/mol. The minimum absolute atomic E-state index is 0.122. The monoisotopic (exact) mass is 630 g/mol. The van der Waals surface area contributed by atoms with Crippen LogP contribution in [0.25, 0.3) is 0 Å². The minimum atomic E-state index is -1.07. The molecule has 0 saturated carbocycles. The number of alkyl carbamates (subject to hydrolysis) is 1. The normalized spacial score (nSPS) is 13.8. The largest absolute Gasteiger partial charge is 0.489 e. The minimum Gasteiger partial charge on any atom is -0.489 e. The molecule has 5 N–H and O–H groups in total. The first-order valence-corrected chi connectivity index (χ1v) is 15.5. The summed E-state index contributed by atoms with van der Waals surface area (Å²) in [5, 5.41) is 8.20. The lowest BCUT2D eigenvalue weighted by atomic mass is 9.96. The Kier molecular flexibility index (Phi) is 13.2. The number of nitrogens with two attached hydrogens (primary N) is 1. The first kappa shape index (κ1) is 35.6. The molecule has 3 rings (SSSR count). The zero-order valence-corrected chi connectivity index (χ0v) is 27.2. The Labute approximate surface area is 271 Å². The van der Waals surface area contributed by atoms with Crippen molar-refractivity contribution < 1.29 is 28.7 Å². The van der Waals surface area contributed by atoms with Gasteiger partial charge in [0.25, 0.3) is 0 Å². The van der Waals surface area contributed by atoms with E-state index in [-0.39, 0.29) is 18.8 Å². The Balaban J connectivity index is 1.76. The lowest BCUT2D eigenvalue weighted by molar-refractivity contribution is -0.133. The third-order valence-electron chi connectivity index (χ3n) is 7.35. The SMILES string of the molecule is CC[C@H](C)[C@@H](NC(=O)[C@@H](Cc1ccc(OCc2ccccc2)cc1)NC(=O)OC(C)(C)C)C(=O)N[C@@H](Cc1ccccc1)C(N)=O. The van der Waals surface area contributed by atoms with Crippen LogP contribution in [0, 0.1) is 5.92 Å². The number of ether oxygens (including phenoxy) is 2. The van der Waals surface area contributed by atoms with E-state index in [2.05, 4.69) is 16.0 Å². The number of rotatable bonds is 15. The van der Waals surface area contributed by atoms with E-state index >= 15 is 0 Å². The molecule has 0 aliphatic rings. The number of hydrogen-bond acceptors (Lipinski definition) is 6. The van der Waals surface area contributed by atoms with Crippen LogP contribution in [0.1, 0.15) is 57.7 Å². The summed E-state index contributed by atoms with van der Waals surface area (Å²) < 4.78 is 11.3.